The smallest absolute Gasteiger partial charge is 0.343 e. The molecule has 2 fully saturated rings. The molecular weight excluding hydrogens is 1300 g/mol. The van der Waals surface area contributed by atoms with Crippen molar-refractivity contribution in [2.75, 3.05) is 53.1 Å². The van der Waals surface area contributed by atoms with E-state index in [1.807, 2.05) is 0 Å². The molecule has 5 heterocycles. The third-order valence-corrected chi connectivity index (χ3v) is 18.0. The summed E-state index contributed by atoms with van der Waals surface area (Å²) in [6.07, 6.45) is -3.35. The van der Waals surface area contributed by atoms with Crippen molar-refractivity contribution in [3.63, 3.8) is 0 Å². The number of pyridine rings is 2. The van der Waals surface area contributed by atoms with Crippen molar-refractivity contribution < 1.29 is 97.2 Å². The first-order valence-corrected chi connectivity index (χ1v) is 32.7. The highest BCUT2D eigenvalue weighted by Crippen LogP contribution is 2.46. The average Bonchev–Trinajstić information content (AvgIpc) is 1.59. The molecule has 99 heavy (non-hydrogen) atoms. The maximum absolute atomic E-state index is 15.2. The van der Waals surface area contributed by atoms with Crippen LogP contribution in [0.1, 0.15) is 104 Å². The number of ether oxygens (including phenoxy) is 2. The highest BCUT2D eigenvalue weighted by atomic mass is 19.1. The third-order valence-electron chi connectivity index (χ3n) is 18.0. The van der Waals surface area contributed by atoms with Gasteiger partial charge in [0.05, 0.1) is 55.3 Å². The minimum atomic E-state index is -2.04. The molecule has 0 unspecified atom stereocenters. The highest BCUT2D eigenvalue weighted by Gasteiger charge is 2.50. The number of esters is 1. The second-order valence-electron chi connectivity index (χ2n) is 25.5. The summed E-state index contributed by atoms with van der Waals surface area (Å²) in [5.41, 5.74) is 0.655. The SMILES string of the molecule is Cc1cc2c(CNC(=O)[C@H](OCNC(=O)CNC(=O)[C@H](Cc3ccccc3)NC(=O)CNC(=O)CNC(=O)CC[C@H](NC(=O)CCCCCN3C(=O)C=CC3=O)C(=O)N(C)C[C@H](O)[C@@H](O)[C@H](O)[C@H](O)CO)C3CC3)c3c(nc2cc1F)-c1cc2c(c(=O)n1C3)COC(=O)[C@]2(O)CC1CC1. The van der Waals surface area contributed by atoms with E-state index < -0.39 is 171 Å². The molecule has 3 aliphatic heterocycles. The molecule has 4 aromatic rings. The molecule has 31 nitrogen and oxygen atoms in total. The molecule has 532 valence electrons. The number of carbonyl (C=O) groups excluding carboxylic acids is 11. The minimum Gasteiger partial charge on any atom is -0.458 e. The number of cyclic esters (lactones) is 1. The number of nitrogens with one attached hydrogen (secondary N) is 7. The van der Waals surface area contributed by atoms with Gasteiger partial charge in [0.25, 0.3) is 17.4 Å². The van der Waals surface area contributed by atoms with E-state index in [1.165, 1.54) is 17.7 Å². The number of likely N-dealkylation sites (N-methyl/N-ethyl adjacent to an activating group) is 1. The highest BCUT2D eigenvalue weighted by molar-refractivity contribution is 6.12. The predicted molar refractivity (Wildman–Crippen MR) is 344 cm³/mol. The predicted octanol–water partition coefficient (Wildman–Crippen LogP) is -2.88. The molecule has 2 saturated carbocycles. The standard InChI is InChI=1S/C67H82FN11O20/c1-35-21-39-40(41-30-79-48(58(41)76-46(39)24-44(35)68)23-43-42(64(79)94)33-98-66(96)67(43,97)25-37-12-13-37)26-71-63(93)61(38-14-15-38)99-34-73-54(86)28-72-62(92)47(22-36-9-5-3-6-10-36)75-55(87)29-70-53(85)27-69-51(83)17-16-45(65(95)77(2)31-49(81)59(90)60(91)50(82)32-80)74-52(84)11-7-4-8-20-78-56(88)18-19-57(78)89/h3,5-6,9-10,18-19,21,23-24,37-38,45,47,49-50,59-61,80-82,90-91,97H,4,7-8,11-17,20,22,25-34H2,1-2H3,(H,69,83)(H,70,85)(H,71,93)(H,72,92)(H,73,86)(H,74,84)(H,75,87)/t45-,47-,49-,50+,59+,60+,61+,67-/m0/s1. The van der Waals surface area contributed by atoms with Crippen molar-refractivity contribution in [2.45, 2.75) is 152 Å². The minimum absolute atomic E-state index is 0.0102. The Kier molecular flexibility index (Phi) is 24.6. The van der Waals surface area contributed by atoms with E-state index >= 15 is 4.39 Å². The van der Waals surface area contributed by atoms with Crippen LogP contribution in [0.25, 0.3) is 22.3 Å². The molecule has 2 aromatic heterocycles. The molecular formula is C67H82FN11O20. The summed E-state index contributed by atoms with van der Waals surface area (Å²) < 4.78 is 28.0. The Morgan fingerprint density at radius 3 is 2.12 bits per heavy atom. The van der Waals surface area contributed by atoms with Crippen molar-refractivity contribution in [1.29, 1.82) is 0 Å². The Hall–Kier alpha value is -9.44. The molecule has 10 amide bonds. The summed E-state index contributed by atoms with van der Waals surface area (Å²) in [7, 11) is 1.19. The number of halogens is 1. The number of fused-ring (bicyclic) bond motifs is 5. The van der Waals surface area contributed by atoms with E-state index in [1.54, 1.807) is 49.4 Å². The second-order valence-corrected chi connectivity index (χ2v) is 25.5. The van der Waals surface area contributed by atoms with Crippen LogP contribution in [0, 0.1) is 24.6 Å². The maximum atomic E-state index is 15.2. The lowest BCUT2D eigenvalue weighted by molar-refractivity contribution is -0.173. The second kappa shape index (κ2) is 32.9. The maximum Gasteiger partial charge on any atom is 0.343 e. The summed E-state index contributed by atoms with van der Waals surface area (Å²) >= 11 is 0. The number of unbranched alkanes of at least 4 members (excludes halogenated alkanes) is 2. The number of hydrogen-bond donors (Lipinski definition) is 13. The molecule has 2 aliphatic carbocycles. The molecule has 0 radical (unpaired) electrons. The van der Waals surface area contributed by atoms with Crippen LogP contribution in [-0.2, 0) is 93.9 Å². The normalized spacial score (nSPS) is 18.1. The molecule has 13 N–H and O–H groups in total. The van der Waals surface area contributed by atoms with Crippen LogP contribution in [0.5, 0.6) is 0 Å². The summed E-state index contributed by atoms with van der Waals surface area (Å²) in [6.45, 7) is -2.72. The Labute approximate surface area is 566 Å². The van der Waals surface area contributed by atoms with Crippen LogP contribution in [0.2, 0.25) is 0 Å². The number of amides is 10. The van der Waals surface area contributed by atoms with Gasteiger partial charge in [0, 0.05) is 80.7 Å². The number of rotatable bonds is 36. The first-order valence-electron chi connectivity index (χ1n) is 32.7. The number of hydrogen-bond acceptors (Lipinski definition) is 21. The number of aromatic nitrogens is 2. The molecule has 0 spiro atoms. The van der Waals surface area contributed by atoms with E-state index in [0.717, 1.165) is 34.8 Å². The zero-order valence-corrected chi connectivity index (χ0v) is 54.6. The zero-order valence-electron chi connectivity index (χ0n) is 54.6. The first kappa shape index (κ1) is 73.8. The van der Waals surface area contributed by atoms with Crippen molar-refractivity contribution >= 4 is 75.9 Å². The van der Waals surface area contributed by atoms with Gasteiger partial charge < -0.3 is 86.8 Å². The van der Waals surface area contributed by atoms with E-state index in [4.69, 9.17) is 19.6 Å². The van der Waals surface area contributed by atoms with Crippen molar-refractivity contribution in [3.05, 3.63) is 110 Å². The Bertz CT molecular complexity index is 3850. The largest absolute Gasteiger partial charge is 0.458 e. The number of carbonyl (C=O) groups is 11. The van der Waals surface area contributed by atoms with Crippen molar-refractivity contribution in [3.8, 4) is 11.4 Å². The lowest BCUT2D eigenvalue weighted by Crippen LogP contribution is -2.53. The lowest BCUT2D eigenvalue weighted by atomic mass is 9.84. The monoisotopic (exact) mass is 1380 g/mol. The number of nitrogens with zero attached hydrogens (tertiary/aromatic N) is 4. The lowest BCUT2D eigenvalue weighted by Gasteiger charge is -2.32. The topological polar surface area (TPSA) is 453 Å². The van der Waals surface area contributed by atoms with Gasteiger partial charge in [-0.15, -0.1) is 0 Å². The fourth-order valence-corrected chi connectivity index (χ4v) is 12.1. The Morgan fingerprint density at radius 1 is 0.758 bits per heavy atom. The van der Waals surface area contributed by atoms with Gasteiger partial charge in [-0.3, -0.25) is 57.6 Å². The van der Waals surface area contributed by atoms with Gasteiger partial charge in [-0.1, -0.05) is 49.6 Å². The quantitative estimate of drug-likeness (QED) is 0.00829. The van der Waals surface area contributed by atoms with Crippen LogP contribution >= 0.6 is 0 Å². The van der Waals surface area contributed by atoms with Gasteiger partial charge in [-0.2, -0.15) is 0 Å². The molecule has 0 bridgehead atoms. The molecule has 0 saturated heterocycles. The molecule has 32 heteroatoms. The molecule has 2 aromatic carbocycles. The number of benzene rings is 2. The number of aryl methyl sites for hydroxylation is 1. The van der Waals surface area contributed by atoms with Crippen LogP contribution in [-0.4, -0.2) is 211 Å². The number of aliphatic hydroxyl groups excluding tert-OH is 5. The van der Waals surface area contributed by atoms with Crippen LogP contribution in [0.4, 0.5) is 4.39 Å². The Morgan fingerprint density at radius 2 is 1.42 bits per heavy atom. The van der Waals surface area contributed by atoms with E-state index in [9.17, 15) is 83.1 Å². The van der Waals surface area contributed by atoms with Gasteiger partial charge in [-0.25, -0.2) is 14.2 Å². The van der Waals surface area contributed by atoms with Crippen molar-refractivity contribution in [2.24, 2.45) is 11.8 Å². The van der Waals surface area contributed by atoms with E-state index in [2.05, 4.69) is 37.2 Å². The summed E-state index contributed by atoms with van der Waals surface area (Å²) in [5.74, 6) is -8.40. The number of aliphatic hydroxyl groups is 6. The summed E-state index contributed by atoms with van der Waals surface area (Å²) in [5, 5.41) is 79.8. The van der Waals surface area contributed by atoms with Gasteiger partial charge in [0.15, 0.2) is 5.60 Å². The van der Waals surface area contributed by atoms with Gasteiger partial charge >= 0.3 is 5.97 Å². The molecule has 8 atom stereocenters. The zero-order chi connectivity index (χ0) is 71.4. The summed E-state index contributed by atoms with van der Waals surface area (Å²) in [4.78, 5) is 165. The molecule has 9 rings (SSSR count). The summed E-state index contributed by atoms with van der Waals surface area (Å²) in [6, 6.07) is 10.3. The van der Waals surface area contributed by atoms with Gasteiger partial charge in [0.1, 0.15) is 61.8 Å². The van der Waals surface area contributed by atoms with Crippen LogP contribution in [0.15, 0.2) is 65.5 Å². The molecule has 5 aliphatic rings. The van der Waals surface area contributed by atoms with Crippen molar-refractivity contribution in [1.82, 2.24) is 56.6 Å². The first-order chi connectivity index (χ1) is 47.2. The fraction of sp³-hybridized carbons (Fsp3) is 0.507. The Balaban J connectivity index is 0.741. The van der Waals surface area contributed by atoms with Gasteiger partial charge in [0.2, 0.25) is 47.3 Å². The van der Waals surface area contributed by atoms with Crippen LogP contribution < -0.4 is 42.8 Å². The third kappa shape index (κ3) is 18.7. The average molecular weight is 1380 g/mol. The van der Waals surface area contributed by atoms with Gasteiger partial charge in [-0.05, 0) is 86.1 Å². The fourth-order valence-electron chi connectivity index (χ4n) is 12.1. The van der Waals surface area contributed by atoms with E-state index in [-0.39, 0.29) is 86.8 Å². The number of imide groups is 1. The van der Waals surface area contributed by atoms with Crippen LogP contribution in [0.3, 0.4) is 0 Å². The van der Waals surface area contributed by atoms with E-state index in [0.29, 0.717) is 64.7 Å².